The fourth-order valence-corrected chi connectivity index (χ4v) is 2.77. The van der Waals surface area contributed by atoms with E-state index >= 15 is 0 Å². The Balaban J connectivity index is 1.78. The summed E-state index contributed by atoms with van der Waals surface area (Å²) in [5.74, 6) is 0.240. The van der Waals surface area contributed by atoms with Crippen molar-refractivity contribution in [1.82, 2.24) is 9.80 Å². The number of likely N-dealkylation sites (tertiary alicyclic amines) is 1. The molecule has 2 rings (SSSR count). The molecule has 21 heavy (non-hydrogen) atoms. The lowest BCUT2D eigenvalue weighted by Crippen LogP contribution is -2.46. The maximum atomic E-state index is 12.4. The minimum absolute atomic E-state index is 0.240. The molecule has 116 valence electrons. The Kier molecular flexibility index (Phi) is 6.21. The van der Waals surface area contributed by atoms with E-state index in [-0.39, 0.29) is 5.91 Å². The molecule has 0 saturated carbocycles. The number of nitrogens with two attached hydrogens (primary N) is 1. The summed E-state index contributed by atoms with van der Waals surface area (Å²) >= 11 is 0. The monoisotopic (exact) mass is 289 g/mol. The Hall–Kier alpha value is -1.39. The highest BCUT2D eigenvalue weighted by Crippen LogP contribution is 2.09. The van der Waals surface area contributed by atoms with Crippen molar-refractivity contribution in [1.29, 1.82) is 0 Å². The van der Waals surface area contributed by atoms with Gasteiger partial charge in [-0.25, -0.2) is 0 Å². The van der Waals surface area contributed by atoms with Crippen LogP contribution >= 0.6 is 0 Å². The topological polar surface area (TPSA) is 49.6 Å². The molecule has 4 nitrogen and oxygen atoms in total. The number of carbonyl (C=O) groups excluding carboxylic acids is 1. The maximum Gasteiger partial charge on any atom is 0.236 e. The summed E-state index contributed by atoms with van der Waals surface area (Å²) in [4.78, 5) is 16.6. The van der Waals surface area contributed by atoms with Gasteiger partial charge < -0.3 is 10.6 Å². The van der Waals surface area contributed by atoms with E-state index in [1.165, 1.54) is 5.56 Å². The lowest BCUT2D eigenvalue weighted by Gasteiger charge is -2.31. The Bertz CT molecular complexity index is 427. The van der Waals surface area contributed by atoms with E-state index in [2.05, 4.69) is 24.0 Å². The largest absolute Gasteiger partial charge is 0.342 e. The molecule has 0 aliphatic carbocycles. The summed E-state index contributed by atoms with van der Waals surface area (Å²) in [6, 6.07) is 10.7. The first-order valence-electron chi connectivity index (χ1n) is 7.98. The number of hydrogen-bond acceptors (Lipinski definition) is 3. The van der Waals surface area contributed by atoms with Crippen LogP contribution in [0.3, 0.4) is 0 Å². The Morgan fingerprint density at radius 1 is 1.29 bits per heavy atom. The first-order valence-corrected chi connectivity index (χ1v) is 7.98. The average Bonchev–Trinajstić information content (AvgIpc) is 2.51. The third-order valence-electron chi connectivity index (χ3n) is 4.24. The van der Waals surface area contributed by atoms with Crippen molar-refractivity contribution in [3.05, 3.63) is 35.9 Å². The highest BCUT2D eigenvalue weighted by Gasteiger charge is 2.20. The molecule has 0 unspecified atom stereocenters. The van der Waals surface area contributed by atoms with E-state index in [9.17, 15) is 4.79 Å². The van der Waals surface area contributed by atoms with Gasteiger partial charge in [-0.1, -0.05) is 30.3 Å². The van der Waals surface area contributed by atoms with E-state index in [0.29, 0.717) is 12.6 Å². The van der Waals surface area contributed by atoms with Gasteiger partial charge in [-0.05, 0) is 31.7 Å². The second-order valence-corrected chi connectivity index (χ2v) is 5.82. The number of benzene rings is 1. The number of nitrogens with zero attached hydrogens (tertiary/aromatic N) is 2. The van der Waals surface area contributed by atoms with Gasteiger partial charge in [0.1, 0.15) is 0 Å². The first-order chi connectivity index (χ1) is 10.2. The second kappa shape index (κ2) is 8.15. The molecule has 1 aromatic rings. The van der Waals surface area contributed by atoms with Crippen LogP contribution < -0.4 is 5.73 Å². The molecule has 1 aliphatic rings. The van der Waals surface area contributed by atoms with Crippen LogP contribution in [0, 0.1) is 0 Å². The van der Waals surface area contributed by atoms with Crippen LogP contribution in [0.2, 0.25) is 0 Å². The zero-order valence-corrected chi connectivity index (χ0v) is 13.0. The van der Waals surface area contributed by atoms with Gasteiger partial charge in [-0.15, -0.1) is 0 Å². The maximum absolute atomic E-state index is 12.4. The van der Waals surface area contributed by atoms with Gasteiger partial charge in [0.05, 0.1) is 6.54 Å². The number of amides is 1. The summed E-state index contributed by atoms with van der Waals surface area (Å²) in [6.07, 6.45) is 2.93. The molecule has 1 heterocycles. The van der Waals surface area contributed by atoms with E-state index in [1.807, 2.05) is 23.1 Å². The van der Waals surface area contributed by atoms with Gasteiger partial charge in [-0.2, -0.15) is 0 Å². The Labute approximate surface area is 127 Å². The molecule has 1 saturated heterocycles. The zero-order valence-electron chi connectivity index (χ0n) is 13.0. The SMILES string of the molecule is CCN(CCc1ccccc1)C(=O)CN1CCC(N)CC1. The van der Waals surface area contributed by atoms with Gasteiger partial charge in [0.25, 0.3) is 0 Å². The first kappa shape index (κ1) is 16.0. The van der Waals surface area contributed by atoms with Crippen molar-refractivity contribution in [3.8, 4) is 0 Å². The minimum atomic E-state index is 0.240. The quantitative estimate of drug-likeness (QED) is 0.863. The lowest BCUT2D eigenvalue weighted by molar-refractivity contribution is -0.132. The summed E-state index contributed by atoms with van der Waals surface area (Å²) < 4.78 is 0. The standard InChI is InChI=1S/C17H27N3O/c1-2-20(13-8-15-6-4-3-5-7-15)17(21)14-19-11-9-16(18)10-12-19/h3-7,16H,2,8-14,18H2,1H3. The van der Waals surface area contributed by atoms with Gasteiger partial charge >= 0.3 is 0 Å². The Morgan fingerprint density at radius 2 is 1.95 bits per heavy atom. The number of rotatable bonds is 6. The highest BCUT2D eigenvalue weighted by molar-refractivity contribution is 5.78. The predicted molar refractivity (Wildman–Crippen MR) is 86.0 cm³/mol. The molecule has 2 N–H and O–H groups in total. The van der Waals surface area contributed by atoms with Crippen LogP contribution in [0.25, 0.3) is 0 Å². The van der Waals surface area contributed by atoms with E-state index in [0.717, 1.165) is 45.4 Å². The minimum Gasteiger partial charge on any atom is -0.342 e. The number of likely N-dealkylation sites (N-methyl/N-ethyl adjacent to an activating group) is 1. The average molecular weight is 289 g/mol. The fraction of sp³-hybridized carbons (Fsp3) is 0.588. The second-order valence-electron chi connectivity index (χ2n) is 5.82. The third-order valence-corrected chi connectivity index (χ3v) is 4.24. The van der Waals surface area contributed by atoms with Gasteiger partial charge in [0, 0.05) is 32.2 Å². The van der Waals surface area contributed by atoms with Crippen LogP contribution in [-0.4, -0.2) is 54.5 Å². The molecule has 0 bridgehead atoms. The molecule has 0 aromatic heterocycles. The zero-order chi connectivity index (χ0) is 15.1. The molecule has 0 atom stereocenters. The van der Waals surface area contributed by atoms with Crippen LogP contribution in [0.4, 0.5) is 0 Å². The van der Waals surface area contributed by atoms with Crippen molar-refractivity contribution in [2.75, 3.05) is 32.7 Å². The third kappa shape index (κ3) is 5.14. The molecular weight excluding hydrogens is 262 g/mol. The number of carbonyl (C=O) groups is 1. The highest BCUT2D eigenvalue weighted by atomic mass is 16.2. The van der Waals surface area contributed by atoms with Crippen LogP contribution in [0.5, 0.6) is 0 Å². The predicted octanol–water partition coefficient (Wildman–Crippen LogP) is 1.50. The summed E-state index contributed by atoms with van der Waals surface area (Å²) in [5, 5.41) is 0. The van der Waals surface area contributed by atoms with Crippen LogP contribution in [-0.2, 0) is 11.2 Å². The van der Waals surface area contributed by atoms with Gasteiger partial charge in [0.15, 0.2) is 0 Å². The molecule has 4 heteroatoms. The van der Waals surface area contributed by atoms with Crippen molar-refractivity contribution in [2.24, 2.45) is 5.73 Å². The van der Waals surface area contributed by atoms with Crippen molar-refractivity contribution >= 4 is 5.91 Å². The fourth-order valence-electron chi connectivity index (χ4n) is 2.77. The number of piperidine rings is 1. The van der Waals surface area contributed by atoms with E-state index < -0.39 is 0 Å². The van der Waals surface area contributed by atoms with Crippen molar-refractivity contribution < 1.29 is 4.79 Å². The van der Waals surface area contributed by atoms with Crippen LogP contribution in [0.1, 0.15) is 25.3 Å². The van der Waals surface area contributed by atoms with Crippen molar-refractivity contribution in [3.63, 3.8) is 0 Å². The number of hydrogen-bond donors (Lipinski definition) is 1. The molecule has 0 radical (unpaired) electrons. The van der Waals surface area contributed by atoms with E-state index in [4.69, 9.17) is 5.73 Å². The lowest BCUT2D eigenvalue weighted by atomic mass is 10.1. The normalized spacial score (nSPS) is 16.9. The summed E-state index contributed by atoms with van der Waals surface area (Å²) in [6.45, 7) is 6.06. The smallest absolute Gasteiger partial charge is 0.236 e. The molecule has 1 aliphatic heterocycles. The molecule has 1 fully saturated rings. The Morgan fingerprint density at radius 3 is 2.57 bits per heavy atom. The molecule has 1 aromatic carbocycles. The van der Waals surface area contributed by atoms with Crippen LogP contribution in [0.15, 0.2) is 30.3 Å². The summed E-state index contributed by atoms with van der Waals surface area (Å²) in [7, 11) is 0. The summed E-state index contributed by atoms with van der Waals surface area (Å²) in [5.41, 5.74) is 7.19. The molecule has 1 amide bonds. The molecular formula is C17H27N3O. The molecule has 0 spiro atoms. The van der Waals surface area contributed by atoms with Gasteiger partial charge in [0.2, 0.25) is 5.91 Å². The van der Waals surface area contributed by atoms with Crippen molar-refractivity contribution in [2.45, 2.75) is 32.2 Å². The van der Waals surface area contributed by atoms with E-state index in [1.54, 1.807) is 0 Å². The van der Waals surface area contributed by atoms with Gasteiger partial charge in [-0.3, -0.25) is 9.69 Å².